The summed E-state index contributed by atoms with van der Waals surface area (Å²) < 4.78 is 6.10. The van der Waals surface area contributed by atoms with Crippen molar-refractivity contribution < 1.29 is 14.6 Å². The maximum atomic E-state index is 11.0. The van der Waals surface area contributed by atoms with Gasteiger partial charge in [-0.15, -0.1) is 0 Å². The van der Waals surface area contributed by atoms with Crippen LogP contribution in [0.5, 0.6) is 5.75 Å². The van der Waals surface area contributed by atoms with Crippen LogP contribution in [0, 0.1) is 13.8 Å². The third-order valence-electron chi connectivity index (χ3n) is 6.07. The van der Waals surface area contributed by atoms with E-state index in [9.17, 15) is 9.90 Å². The monoisotopic (exact) mass is 399 g/mol. The topological polar surface area (TPSA) is 49.4 Å². The van der Waals surface area contributed by atoms with E-state index < -0.39 is 5.97 Å². The first kappa shape index (κ1) is 20.2. The van der Waals surface area contributed by atoms with E-state index in [2.05, 4.69) is 62.4 Å². The van der Waals surface area contributed by atoms with Gasteiger partial charge < -0.3 is 14.6 Å². The lowest BCUT2D eigenvalue weighted by Crippen LogP contribution is -2.25. The SMILES string of the molecule is Cc1cccc(C)c1-c1cccc(COc2ccc3c(c2)CCCC3CC(=O)[O-])c1. The summed E-state index contributed by atoms with van der Waals surface area (Å²) in [6.45, 7) is 4.79. The van der Waals surface area contributed by atoms with Gasteiger partial charge in [0.2, 0.25) is 0 Å². The van der Waals surface area contributed by atoms with E-state index >= 15 is 0 Å². The highest BCUT2D eigenvalue weighted by atomic mass is 16.5. The lowest BCUT2D eigenvalue weighted by Gasteiger charge is -2.26. The molecule has 0 N–H and O–H groups in total. The molecular weight excluding hydrogens is 372 g/mol. The van der Waals surface area contributed by atoms with Gasteiger partial charge in [0.1, 0.15) is 12.4 Å². The number of ether oxygens (including phenoxy) is 1. The summed E-state index contributed by atoms with van der Waals surface area (Å²) in [6.07, 6.45) is 2.98. The Bertz CT molecular complexity index is 1050. The van der Waals surface area contributed by atoms with Gasteiger partial charge in [-0.25, -0.2) is 0 Å². The molecule has 4 rings (SSSR count). The molecule has 1 aliphatic rings. The van der Waals surface area contributed by atoms with E-state index in [1.807, 2.05) is 12.1 Å². The van der Waals surface area contributed by atoms with Gasteiger partial charge in [-0.05, 0) is 103 Å². The zero-order valence-corrected chi connectivity index (χ0v) is 17.6. The number of carboxylic acids is 1. The number of aliphatic carboxylic acids is 1. The summed E-state index contributed by atoms with van der Waals surface area (Å²) in [5.74, 6) is -0.0842. The van der Waals surface area contributed by atoms with Crippen LogP contribution in [0.25, 0.3) is 11.1 Å². The maximum absolute atomic E-state index is 11.0. The Labute approximate surface area is 178 Å². The van der Waals surface area contributed by atoms with Crippen LogP contribution in [0.15, 0.2) is 60.7 Å². The van der Waals surface area contributed by atoms with Crippen molar-refractivity contribution in [1.82, 2.24) is 0 Å². The van der Waals surface area contributed by atoms with Crippen molar-refractivity contribution in [2.75, 3.05) is 0 Å². The highest BCUT2D eigenvalue weighted by molar-refractivity contribution is 5.71. The third kappa shape index (κ3) is 4.40. The quantitative estimate of drug-likeness (QED) is 0.579. The molecule has 1 atom stereocenters. The maximum Gasteiger partial charge on any atom is 0.120 e. The fraction of sp³-hybridized carbons (Fsp3) is 0.296. The van der Waals surface area contributed by atoms with Crippen molar-refractivity contribution in [3.8, 4) is 16.9 Å². The standard InChI is InChI=1S/C27H28O3/c1-18-6-3-7-19(2)27(18)23-11-4-8-20(14-23)17-30-24-12-13-25-21(15-24)9-5-10-22(25)16-26(28)29/h3-4,6-8,11-15,22H,5,9-10,16-17H2,1-2H3,(H,28,29)/p-1. The molecule has 0 bridgehead atoms. The molecule has 3 aromatic rings. The summed E-state index contributed by atoms with van der Waals surface area (Å²) in [6, 6.07) is 21.0. The molecule has 0 aromatic heterocycles. The molecular formula is C27H27O3-. The van der Waals surface area contributed by atoms with Crippen LogP contribution in [-0.4, -0.2) is 5.97 Å². The Hall–Kier alpha value is -3.07. The second-order valence-corrected chi connectivity index (χ2v) is 8.28. The number of fused-ring (bicyclic) bond motifs is 1. The number of rotatable bonds is 6. The van der Waals surface area contributed by atoms with Crippen LogP contribution in [0.3, 0.4) is 0 Å². The number of benzene rings is 3. The van der Waals surface area contributed by atoms with Crippen molar-refractivity contribution >= 4 is 5.97 Å². The summed E-state index contributed by atoms with van der Waals surface area (Å²) >= 11 is 0. The second kappa shape index (κ2) is 8.74. The van der Waals surface area contributed by atoms with Crippen LogP contribution >= 0.6 is 0 Å². The normalized spacial score (nSPS) is 15.5. The average molecular weight is 400 g/mol. The highest BCUT2D eigenvalue weighted by Gasteiger charge is 2.20. The van der Waals surface area contributed by atoms with Crippen LogP contribution in [0.1, 0.15) is 53.0 Å². The van der Waals surface area contributed by atoms with Crippen LogP contribution in [-0.2, 0) is 17.8 Å². The minimum Gasteiger partial charge on any atom is -0.550 e. The Morgan fingerprint density at radius 2 is 1.80 bits per heavy atom. The number of hydrogen-bond acceptors (Lipinski definition) is 3. The minimum absolute atomic E-state index is 0.0573. The highest BCUT2D eigenvalue weighted by Crippen LogP contribution is 2.36. The molecule has 0 aliphatic heterocycles. The van der Waals surface area contributed by atoms with Gasteiger partial charge in [0.15, 0.2) is 0 Å². The van der Waals surface area contributed by atoms with Crippen LogP contribution in [0.2, 0.25) is 0 Å². The van der Waals surface area contributed by atoms with Gasteiger partial charge in [-0.3, -0.25) is 0 Å². The molecule has 3 nitrogen and oxygen atoms in total. The molecule has 0 amide bonds. The predicted octanol–water partition coefficient (Wildman–Crippen LogP) is 5.11. The van der Waals surface area contributed by atoms with Crippen molar-refractivity contribution in [3.05, 3.63) is 88.5 Å². The molecule has 0 heterocycles. The fourth-order valence-electron chi connectivity index (χ4n) is 4.65. The Kier molecular flexibility index (Phi) is 5.89. The molecule has 154 valence electrons. The van der Waals surface area contributed by atoms with E-state index in [1.54, 1.807) is 0 Å². The van der Waals surface area contributed by atoms with Gasteiger partial charge >= 0.3 is 0 Å². The molecule has 0 fully saturated rings. The lowest BCUT2D eigenvalue weighted by molar-refractivity contribution is -0.306. The summed E-state index contributed by atoms with van der Waals surface area (Å²) in [4.78, 5) is 11.0. The first-order valence-electron chi connectivity index (χ1n) is 10.6. The van der Waals surface area contributed by atoms with Gasteiger partial charge in [-0.1, -0.05) is 42.5 Å². The second-order valence-electron chi connectivity index (χ2n) is 8.28. The van der Waals surface area contributed by atoms with Crippen molar-refractivity contribution in [3.63, 3.8) is 0 Å². The average Bonchev–Trinajstić information content (AvgIpc) is 2.72. The molecule has 0 spiro atoms. The minimum atomic E-state index is -0.975. The molecule has 1 unspecified atom stereocenters. The van der Waals surface area contributed by atoms with Crippen LogP contribution < -0.4 is 9.84 Å². The molecule has 1 aliphatic carbocycles. The number of carbonyl (C=O) groups is 1. The third-order valence-corrected chi connectivity index (χ3v) is 6.07. The Morgan fingerprint density at radius 1 is 1.03 bits per heavy atom. The smallest absolute Gasteiger partial charge is 0.120 e. The van der Waals surface area contributed by atoms with Gasteiger partial charge in [0.05, 0.1) is 0 Å². The molecule has 3 heteroatoms. The molecule has 0 saturated heterocycles. The van der Waals surface area contributed by atoms with E-state index in [0.717, 1.165) is 36.1 Å². The number of hydrogen-bond donors (Lipinski definition) is 0. The first-order valence-corrected chi connectivity index (χ1v) is 10.6. The molecule has 3 aromatic carbocycles. The predicted molar refractivity (Wildman–Crippen MR) is 117 cm³/mol. The van der Waals surface area contributed by atoms with E-state index in [4.69, 9.17) is 4.74 Å². The van der Waals surface area contributed by atoms with Crippen molar-refractivity contribution in [2.24, 2.45) is 0 Å². The Balaban J connectivity index is 1.50. The molecule has 30 heavy (non-hydrogen) atoms. The largest absolute Gasteiger partial charge is 0.550 e. The van der Waals surface area contributed by atoms with Gasteiger partial charge in [-0.2, -0.15) is 0 Å². The van der Waals surface area contributed by atoms with E-state index in [1.165, 1.54) is 27.8 Å². The zero-order chi connectivity index (χ0) is 21.1. The zero-order valence-electron chi connectivity index (χ0n) is 17.6. The molecule has 0 saturated carbocycles. The van der Waals surface area contributed by atoms with Gasteiger partial charge in [0, 0.05) is 5.97 Å². The van der Waals surface area contributed by atoms with Crippen molar-refractivity contribution in [1.29, 1.82) is 0 Å². The van der Waals surface area contributed by atoms with E-state index in [-0.39, 0.29) is 12.3 Å². The lowest BCUT2D eigenvalue weighted by atomic mass is 9.81. The summed E-state index contributed by atoms with van der Waals surface area (Å²) in [5.41, 5.74) is 8.50. The molecule has 0 radical (unpaired) electrons. The summed E-state index contributed by atoms with van der Waals surface area (Å²) in [7, 11) is 0. The summed E-state index contributed by atoms with van der Waals surface area (Å²) in [5, 5.41) is 11.0. The van der Waals surface area contributed by atoms with Crippen molar-refractivity contribution in [2.45, 2.75) is 52.1 Å². The Morgan fingerprint density at radius 3 is 2.57 bits per heavy atom. The number of carboxylic acid groups (broad SMARTS) is 1. The van der Waals surface area contributed by atoms with Crippen LogP contribution in [0.4, 0.5) is 0 Å². The van der Waals surface area contributed by atoms with Gasteiger partial charge in [0.25, 0.3) is 0 Å². The van der Waals surface area contributed by atoms with E-state index in [0.29, 0.717) is 6.61 Å². The fourth-order valence-corrected chi connectivity index (χ4v) is 4.65. The number of carbonyl (C=O) groups excluding carboxylic acids is 1. The number of aryl methyl sites for hydroxylation is 3. The first-order chi connectivity index (χ1) is 14.5.